The first kappa shape index (κ1) is 20.6. The van der Waals surface area contributed by atoms with Gasteiger partial charge >= 0.3 is 0 Å². The first-order chi connectivity index (χ1) is 13.5. The maximum atomic E-state index is 12.9. The molecule has 150 valence electrons. The van der Waals surface area contributed by atoms with Crippen molar-refractivity contribution in [3.63, 3.8) is 0 Å². The van der Waals surface area contributed by atoms with E-state index in [9.17, 15) is 4.79 Å². The topological polar surface area (TPSA) is 42.0 Å². The minimum absolute atomic E-state index is 0.0782. The molecule has 5 nitrogen and oxygen atoms in total. The lowest BCUT2D eigenvalue weighted by Gasteiger charge is -2.36. The number of methoxy groups -OCH3 is 1. The minimum Gasteiger partial charge on any atom is -0.495 e. The average molecular weight is 423 g/mol. The van der Waals surface area contributed by atoms with Gasteiger partial charge in [0.15, 0.2) is 5.75 Å². The standard InChI is InChI=1S/C21H24Cl2N2O3/c1-3-12-28-20-16(22)13-15(14-17(20)23)21(26)25-10-8-24(9-11-25)18-6-4-5-7-19(18)27-2/h4-7,13-14H,3,8-12H2,1-2H3. The third kappa shape index (κ3) is 4.47. The molecule has 1 amide bonds. The van der Waals surface area contributed by atoms with Gasteiger partial charge in [-0.3, -0.25) is 4.79 Å². The number of anilines is 1. The number of hydrogen-bond acceptors (Lipinski definition) is 4. The molecule has 3 rings (SSSR count). The van der Waals surface area contributed by atoms with Crippen LogP contribution in [0.4, 0.5) is 5.69 Å². The molecule has 0 saturated carbocycles. The summed E-state index contributed by atoms with van der Waals surface area (Å²) < 4.78 is 11.0. The minimum atomic E-state index is -0.0782. The smallest absolute Gasteiger partial charge is 0.254 e. The van der Waals surface area contributed by atoms with Gasteiger partial charge in [0.2, 0.25) is 0 Å². The van der Waals surface area contributed by atoms with Crippen molar-refractivity contribution in [2.24, 2.45) is 0 Å². The van der Waals surface area contributed by atoms with Gasteiger partial charge in [-0.15, -0.1) is 0 Å². The quantitative estimate of drug-likeness (QED) is 0.673. The molecule has 0 N–H and O–H groups in total. The Hall–Kier alpha value is -2.11. The lowest BCUT2D eigenvalue weighted by molar-refractivity contribution is 0.0746. The largest absolute Gasteiger partial charge is 0.495 e. The second-order valence-electron chi connectivity index (χ2n) is 6.57. The zero-order valence-corrected chi connectivity index (χ0v) is 17.6. The Morgan fingerprint density at radius 2 is 1.71 bits per heavy atom. The molecule has 1 heterocycles. The molecule has 0 radical (unpaired) electrons. The first-order valence-electron chi connectivity index (χ1n) is 9.34. The highest BCUT2D eigenvalue weighted by molar-refractivity contribution is 6.37. The van der Waals surface area contributed by atoms with Crippen molar-refractivity contribution in [1.82, 2.24) is 4.90 Å². The van der Waals surface area contributed by atoms with Crippen LogP contribution in [0.15, 0.2) is 36.4 Å². The van der Waals surface area contributed by atoms with Gasteiger partial charge in [0.05, 0.1) is 29.4 Å². The van der Waals surface area contributed by atoms with Crippen molar-refractivity contribution in [2.75, 3.05) is 44.8 Å². The monoisotopic (exact) mass is 422 g/mol. The van der Waals surface area contributed by atoms with Gasteiger partial charge in [-0.2, -0.15) is 0 Å². The van der Waals surface area contributed by atoms with E-state index in [0.29, 0.717) is 41.1 Å². The molecule has 1 saturated heterocycles. The van der Waals surface area contributed by atoms with Crippen molar-refractivity contribution >= 4 is 34.8 Å². The van der Waals surface area contributed by atoms with Gasteiger partial charge in [-0.1, -0.05) is 42.3 Å². The van der Waals surface area contributed by atoms with E-state index in [-0.39, 0.29) is 5.91 Å². The number of hydrogen-bond donors (Lipinski definition) is 0. The number of rotatable bonds is 6. The number of para-hydroxylation sites is 2. The van der Waals surface area contributed by atoms with Crippen LogP contribution >= 0.6 is 23.2 Å². The molecule has 1 aliphatic rings. The van der Waals surface area contributed by atoms with Gasteiger partial charge in [0.25, 0.3) is 5.91 Å². The molecule has 1 fully saturated rings. The Balaban J connectivity index is 1.68. The molecular weight excluding hydrogens is 399 g/mol. The number of benzene rings is 2. The molecule has 0 unspecified atom stereocenters. The van der Waals surface area contributed by atoms with Crippen molar-refractivity contribution < 1.29 is 14.3 Å². The van der Waals surface area contributed by atoms with Gasteiger partial charge in [-0.25, -0.2) is 0 Å². The molecular formula is C21H24Cl2N2O3. The van der Waals surface area contributed by atoms with E-state index < -0.39 is 0 Å². The number of nitrogens with zero attached hydrogens (tertiary/aromatic N) is 2. The van der Waals surface area contributed by atoms with Crippen LogP contribution < -0.4 is 14.4 Å². The van der Waals surface area contributed by atoms with Gasteiger partial charge in [-0.05, 0) is 30.7 Å². The highest BCUT2D eigenvalue weighted by atomic mass is 35.5. The number of ether oxygens (including phenoxy) is 2. The van der Waals surface area contributed by atoms with E-state index in [2.05, 4.69) is 4.90 Å². The highest BCUT2D eigenvalue weighted by Crippen LogP contribution is 2.35. The summed E-state index contributed by atoms with van der Waals surface area (Å²) in [5, 5.41) is 0.717. The predicted molar refractivity (Wildman–Crippen MR) is 113 cm³/mol. The van der Waals surface area contributed by atoms with Gasteiger partial charge < -0.3 is 19.3 Å². The molecule has 0 aromatic heterocycles. The summed E-state index contributed by atoms with van der Waals surface area (Å²) in [5.41, 5.74) is 1.52. The summed E-state index contributed by atoms with van der Waals surface area (Å²) in [6.45, 7) is 5.21. The summed E-state index contributed by atoms with van der Waals surface area (Å²) in [5.74, 6) is 1.19. The Kier molecular flexibility index (Phi) is 6.92. The van der Waals surface area contributed by atoms with Crippen LogP contribution in [0.3, 0.4) is 0 Å². The van der Waals surface area contributed by atoms with Crippen LogP contribution in [0.5, 0.6) is 11.5 Å². The van der Waals surface area contributed by atoms with E-state index >= 15 is 0 Å². The Morgan fingerprint density at radius 3 is 2.32 bits per heavy atom. The molecule has 7 heteroatoms. The second kappa shape index (κ2) is 9.39. The van der Waals surface area contributed by atoms with Crippen molar-refractivity contribution in [3.8, 4) is 11.5 Å². The zero-order valence-electron chi connectivity index (χ0n) is 16.1. The fraction of sp³-hybridized carbons (Fsp3) is 0.381. The van der Waals surface area contributed by atoms with Crippen LogP contribution in [0.1, 0.15) is 23.7 Å². The van der Waals surface area contributed by atoms with Crippen molar-refractivity contribution in [3.05, 3.63) is 52.0 Å². The second-order valence-corrected chi connectivity index (χ2v) is 7.38. The molecule has 2 aromatic rings. The van der Waals surface area contributed by atoms with E-state index in [1.165, 1.54) is 0 Å². The third-order valence-corrected chi connectivity index (χ3v) is 5.25. The van der Waals surface area contributed by atoms with E-state index in [4.69, 9.17) is 32.7 Å². The molecule has 0 bridgehead atoms. The van der Waals surface area contributed by atoms with E-state index in [0.717, 1.165) is 30.9 Å². The molecule has 1 aliphatic heterocycles. The van der Waals surface area contributed by atoms with E-state index in [1.807, 2.05) is 36.1 Å². The fourth-order valence-electron chi connectivity index (χ4n) is 3.25. The van der Waals surface area contributed by atoms with Gasteiger partial charge in [0, 0.05) is 31.7 Å². The molecule has 28 heavy (non-hydrogen) atoms. The normalized spacial score (nSPS) is 14.1. The van der Waals surface area contributed by atoms with Crippen molar-refractivity contribution in [1.29, 1.82) is 0 Å². The number of carbonyl (C=O) groups excluding carboxylic acids is 1. The van der Waals surface area contributed by atoms with E-state index in [1.54, 1.807) is 19.2 Å². The average Bonchev–Trinajstić information content (AvgIpc) is 2.72. The molecule has 0 aliphatic carbocycles. The lowest BCUT2D eigenvalue weighted by Crippen LogP contribution is -2.48. The zero-order chi connectivity index (χ0) is 20.1. The summed E-state index contributed by atoms with van der Waals surface area (Å²) in [4.78, 5) is 17.0. The van der Waals surface area contributed by atoms with Crippen LogP contribution in [0.2, 0.25) is 10.0 Å². The molecule has 0 spiro atoms. The highest BCUT2D eigenvalue weighted by Gasteiger charge is 2.25. The Labute approximate surface area is 175 Å². The van der Waals surface area contributed by atoms with Gasteiger partial charge in [0.1, 0.15) is 5.75 Å². The first-order valence-corrected chi connectivity index (χ1v) is 10.1. The van der Waals surface area contributed by atoms with Crippen LogP contribution in [0.25, 0.3) is 0 Å². The van der Waals surface area contributed by atoms with Crippen LogP contribution in [-0.4, -0.2) is 50.7 Å². The van der Waals surface area contributed by atoms with Crippen LogP contribution in [-0.2, 0) is 0 Å². The third-order valence-electron chi connectivity index (χ3n) is 4.69. The maximum absolute atomic E-state index is 12.9. The number of piperazine rings is 1. The summed E-state index contributed by atoms with van der Waals surface area (Å²) in [6.07, 6.45) is 0.851. The maximum Gasteiger partial charge on any atom is 0.254 e. The number of amides is 1. The SMILES string of the molecule is CCCOc1c(Cl)cc(C(=O)N2CCN(c3ccccc3OC)CC2)cc1Cl. The molecule has 2 aromatic carbocycles. The molecule has 0 atom stereocenters. The predicted octanol–water partition coefficient (Wildman–Crippen LogP) is 4.75. The summed E-state index contributed by atoms with van der Waals surface area (Å²) in [6, 6.07) is 11.2. The number of halogens is 2. The summed E-state index contributed by atoms with van der Waals surface area (Å²) >= 11 is 12.6. The van der Waals surface area contributed by atoms with Crippen LogP contribution in [0, 0.1) is 0 Å². The Bertz CT molecular complexity index is 813. The Morgan fingerprint density at radius 1 is 1.07 bits per heavy atom. The summed E-state index contributed by atoms with van der Waals surface area (Å²) in [7, 11) is 1.67. The lowest BCUT2D eigenvalue weighted by atomic mass is 10.1. The van der Waals surface area contributed by atoms with Crippen molar-refractivity contribution in [2.45, 2.75) is 13.3 Å². The fourth-order valence-corrected chi connectivity index (χ4v) is 3.85. The number of carbonyl (C=O) groups is 1.